The van der Waals surface area contributed by atoms with Gasteiger partial charge in [0.2, 0.25) is 5.88 Å². The quantitative estimate of drug-likeness (QED) is 0.760. The van der Waals surface area contributed by atoms with Crippen LogP contribution in [0.25, 0.3) is 0 Å². The summed E-state index contributed by atoms with van der Waals surface area (Å²) in [6, 6.07) is 1.91. The van der Waals surface area contributed by atoms with Crippen molar-refractivity contribution in [1.82, 2.24) is 4.98 Å². The van der Waals surface area contributed by atoms with Crippen LogP contribution in [0.15, 0.2) is 28.9 Å². The van der Waals surface area contributed by atoms with Crippen LogP contribution in [0.3, 0.4) is 0 Å². The van der Waals surface area contributed by atoms with E-state index >= 15 is 0 Å². The molecule has 2 nitrogen and oxygen atoms in total. The molecule has 0 saturated carbocycles. The predicted octanol–water partition coefficient (Wildman–Crippen LogP) is 3.11. The minimum Gasteiger partial charge on any atom is -0.473 e. The topological polar surface area (TPSA) is 22.1 Å². The summed E-state index contributed by atoms with van der Waals surface area (Å²) in [4.78, 5) is 4.11. The Bertz CT molecular complexity index is 310. The number of aryl methyl sites for hydroxylation is 1. The van der Waals surface area contributed by atoms with E-state index in [4.69, 9.17) is 4.74 Å². The van der Waals surface area contributed by atoms with Gasteiger partial charge in [-0.1, -0.05) is 12.2 Å². The summed E-state index contributed by atoms with van der Waals surface area (Å²) in [5.41, 5.74) is 1.13. The third-order valence-electron chi connectivity index (χ3n) is 1.58. The molecule has 1 heterocycles. The summed E-state index contributed by atoms with van der Waals surface area (Å²) >= 11 is 3.38. The van der Waals surface area contributed by atoms with Crippen LogP contribution in [0, 0.1) is 6.92 Å². The fraction of sp³-hybridized carbons (Fsp3) is 0.300. The van der Waals surface area contributed by atoms with Crippen LogP contribution in [-0.2, 0) is 0 Å². The molecular formula is C10H12BrNO. The zero-order valence-corrected chi connectivity index (χ0v) is 9.34. The van der Waals surface area contributed by atoms with Gasteiger partial charge in [-0.2, -0.15) is 0 Å². The van der Waals surface area contributed by atoms with E-state index in [1.54, 1.807) is 6.20 Å². The Morgan fingerprint density at radius 2 is 2.38 bits per heavy atom. The van der Waals surface area contributed by atoms with Crippen LogP contribution in [-0.4, -0.2) is 11.6 Å². The maximum Gasteiger partial charge on any atom is 0.213 e. The lowest BCUT2D eigenvalue weighted by Crippen LogP contribution is -1.95. The average Bonchev–Trinajstić information content (AvgIpc) is 2.12. The lowest BCUT2D eigenvalue weighted by atomic mass is 10.3. The molecule has 1 rings (SSSR count). The third-order valence-corrected chi connectivity index (χ3v) is 2.42. The van der Waals surface area contributed by atoms with Crippen molar-refractivity contribution in [3.05, 3.63) is 34.5 Å². The second kappa shape index (κ2) is 5.02. The van der Waals surface area contributed by atoms with Gasteiger partial charge in [0, 0.05) is 16.7 Å². The maximum absolute atomic E-state index is 5.36. The molecule has 0 unspecified atom stereocenters. The zero-order chi connectivity index (χ0) is 9.68. The smallest absolute Gasteiger partial charge is 0.213 e. The van der Waals surface area contributed by atoms with Crippen molar-refractivity contribution in [3.8, 4) is 5.88 Å². The highest BCUT2D eigenvalue weighted by Crippen LogP contribution is 2.18. The van der Waals surface area contributed by atoms with Crippen molar-refractivity contribution in [1.29, 1.82) is 0 Å². The Kier molecular flexibility index (Phi) is 3.96. The first-order valence-electron chi connectivity index (χ1n) is 4.10. The number of hydrogen-bond acceptors (Lipinski definition) is 2. The first-order valence-corrected chi connectivity index (χ1v) is 4.89. The molecule has 0 bridgehead atoms. The average molecular weight is 242 g/mol. The first-order chi connectivity index (χ1) is 6.24. The van der Waals surface area contributed by atoms with E-state index in [1.165, 1.54) is 0 Å². The van der Waals surface area contributed by atoms with E-state index in [-0.39, 0.29) is 0 Å². The molecule has 0 aromatic carbocycles. The van der Waals surface area contributed by atoms with Gasteiger partial charge in [-0.15, -0.1) is 0 Å². The third kappa shape index (κ3) is 3.19. The van der Waals surface area contributed by atoms with E-state index in [2.05, 4.69) is 20.9 Å². The van der Waals surface area contributed by atoms with Crippen LogP contribution in [0.4, 0.5) is 0 Å². The number of rotatable bonds is 3. The Labute approximate surface area is 86.8 Å². The molecule has 0 spiro atoms. The fourth-order valence-corrected chi connectivity index (χ4v) is 1.04. The van der Waals surface area contributed by atoms with Crippen LogP contribution in [0.5, 0.6) is 5.88 Å². The number of halogens is 1. The van der Waals surface area contributed by atoms with Crippen LogP contribution in [0.1, 0.15) is 12.5 Å². The van der Waals surface area contributed by atoms with E-state index in [9.17, 15) is 0 Å². The van der Waals surface area contributed by atoms with Crippen LogP contribution in [0.2, 0.25) is 0 Å². The largest absolute Gasteiger partial charge is 0.473 e. The normalized spacial score (nSPS) is 10.7. The summed E-state index contributed by atoms with van der Waals surface area (Å²) in [5.74, 6) is 0.666. The van der Waals surface area contributed by atoms with Gasteiger partial charge < -0.3 is 4.74 Å². The van der Waals surface area contributed by atoms with Gasteiger partial charge in [0.25, 0.3) is 0 Å². The van der Waals surface area contributed by atoms with Gasteiger partial charge in [0.15, 0.2) is 0 Å². The van der Waals surface area contributed by atoms with Crippen LogP contribution < -0.4 is 4.74 Å². The minimum atomic E-state index is 0.574. The molecule has 0 aliphatic carbocycles. The molecule has 0 aliphatic heterocycles. The SMILES string of the molecule is C/C=C/COc1cc(C)c(Br)cn1. The molecular weight excluding hydrogens is 230 g/mol. The minimum absolute atomic E-state index is 0.574. The van der Waals surface area contributed by atoms with Gasteiger partial charge in [-0.05, 0) is 35.3 Å². The van der Waals surface area contributed by atoms with E-state index in [0.717, 1.165) is 10.0 Å². The Hall–Kier alpha value is -0.830. The molecule has 0 fully saturated rings. The number of nitrogens with zero attached hydrogens (tertiary/aromatic N) is 1. The second-order valence-corrected chi connectivity index (χ2v) is 3.51. The molecule has 1 aromatic rings. The fourth-order valence-electron chi connectivity index (χ4n) is 0.822. The molecule has 0 N–H and O–H groups in total. The van der Waals surface area contributed by atoms with Crippen LogP contribution >= 0.6 is 15.9 Å². The van der Waals surface area contributed by atoms with Gasteiger partial charge in [0.1, 0.15) is 6.61 Å². The second-order valence-electron chi connectivity index (χ2n) is 2.65. The maximum atomic E-state index is 5.36. The Morgan fingerprint density at radius 3 is 3.00 bits per heavy atom. The number of pyridine rings is 1. The summed E-state index contributed by atoms with van der Waals surface area (Å²) in [7, 11) is 0. The highest BCUT2D eigenvalue weighted by Gasteiger charge is 1.97. The Morgan fingerprint density at radius 1 is 1.62 bits per heavy atom. The van der Waals surface area contributed by atoms with Crippen molar-refractivity contribution in [2.45, 2.75) is 13.8 Å². The highest BCUT2D eigenvalue weighted by atomic mass is 79.9. The molecule has 0 saturated heterocycles. The lowest BCUT2D eigenvalue weighted by Gasteiger charge is -2.03. The van der Waals surface area contributed by atoms with E-state index in [0.29, 0.717) is 12.5 Å². The lowest BCUT2D eigenvalue weighted by molar-refractivity contribution is 0.348. The number of allylic oxidation sites excluding steroid dienone is 1. The first kappa shape index (κ1) is 10.3. The summed E-state index contributed by atoms with van der Waals surface area (Å²) in [6.45, 7) is 4.54. The van der Waals surface area contributed by atoms with Gasteiger partial charge in [-0.25, -0.2) is 4.98 Å². The van der Waals surface area contributed by atoms with Crippen molar-refractivity contribution in [3.63, 3.8) is 0 Å². The molecule has 0 amide bonds. The van der Waals surface area contributed by atoms with Gasteiger partial charge in [0.05, 0.1) is 0 Å². The summed E-state index contributed by atoms with van der Waals surface area (Å²) < 4.78 is 6.37. The predicted molar refractivity (Wildman–Crippen MR) is 57.0 cm³/mol. The van der Waals surface area contributed by atoms with Crippen molar-refractivity contribution in [2.75, 3.05) is 6.61 Å². The van der Waals surface area contributed by atoms with Crippen molar-refractivity contribution < 1.29 is 4.74 Å². The zero-order valence-electron chi connectivity index (χ0n) is 7.75. The molecule has 0 radical (unpaired) electrons. The molecule has 13 heavy (non-hydrogen) atoms. The molecule has 1 aromatic heterocycles. The van der Waals surface area contributed by atoms with Crippen molar-refractivity contribution >= 4 is 15.9 Å². The molecule has 0 aliphatic rings. The van der Waals surface area contributed by atoms with Gasteiger partial charge in [-0.3, -0.25) is 0 Å². The van der Waals surface area contributed by atoms with E-state index in [1.807, 2.05) is 32.1 Å². The molecule has 70 valence electrons. The summed E-state index contributed by atoms with van der Waals surface area (Å²) in [5, 5.41) is 0. The number of ether oxygens (including phenoxy) is 1. The standard InChI is InChI=1S/C10H12BrNO/c1-3-4-5-13-10-6-8(2)9(11)7-12-10/h3-4,6-7H,5H2,1-2H3/b4-3+. The van der Waals surface area contributed by atoms with E-state index < -0.39 is 0 Å². The number of hydrogen-bond donors (Lipinski definition) is 0. The highest BCUT2D eigenvalue weighted by molar-refractivity contribution is 9.10. The Balaban J connectivity index is 2.63. The number of aromatic nitrogens is 1. The summed E-state index contributed by atoms with van der Waals surface area (Å²) in [6.07, 6.45) is 5.64. The molecule has 0 atom stereocenters. The molecule has 3 heteroatoms. The monoisotopic (exact) mass is 241 g/mol. The van der Waals surface area contributed by atoms with Gasteiger partial charge >= 0.3 is 0 Å². The van der Waals surface area contributed by atoms with Crippen molar-refractivity contribution in [2.24, 2.45) is 0 Å².